The standard InChI is InChI=1S/C28H34O11/c1-12(29)35-17-11-19(32)38-24(2,3)15-10-16(30)27(6)14(26(15,17)5)7-8-25(4)20(13-9-18(31)36-22(13)33)37-23(34)21-28(25,27)39-21/h9,14-15,17-18,20-21,31H,7-8,10-11H2,1-6H3. The second-order valence-corrected chi connectivity index (χ2v) is 13.1. The molecule has 3 saturated heterocycles. The molecule has 1 N–H and O–H groups in total. The molecule has 11 nitrogen and oxygen atoms in total. The SMILES string of the molecule is CC(=O)OC1CC(=O)OC(C)(C)C2CC(=O)C3(C)C(CCC4(C)C(C5=CC(O)OC5=O)OC(=O)C5OC543)C12C. The summed E-state index contributed by atoms with van der Waals surface area (Å²) in [6, 6.07) is 0. The monoisotopic (exact) mass is 546 g/mol. The molecule has 0 amide bonds. The van der Waals surface area contributed by atoms with Crippen LogP contribution in [0.3, 0.4) is 0 Å². The summed E-state index contributed by atoms with van der Waals surface area (Å²) in [6.07, 6.45) is -2.54. The Labute approximate surface area is 225 Å². The zero-order valence-corrected chi connectivity index (χ0v) is 22.9. The van der Waals surface area contributed by atoms with Crippen molar-refractivity contribution in [2.75, 3.05) is 0 Å². The first-order valence-electron chi connectivity index (χ1n) is 13.5. The number of ketones is 1. The summed E-state index contributed by atoms with van der Waals surface area (Å²) in [6.45, 7) is 10.4. The number of Topliss-reactive ketones (excluding diaryl/α,β-unsaturated/α-hetero) is 1. The number of rotatable bonds is 2. The molecule has 6 aliphatic rings. The maximum absolute atomic E-state index is 14.4. The molecule has 1 spiro atoms. The Morgan fingerprint density at radius 3 is 2.31 bits per heavy atom. The lowest BCUT2D eigenvalue weighted by Gasteiger charge is -2.66. The van der Waals surface area contributed by atoms with E-state index < -0.39 is 87.8 Å². The Balaban J connectivity index is 1.52. The van der Waals surface area contributed by atoms with Gasteiger partial charge in [0.25, 0.3) is 0 Å². The minimum absolute atomic E-state index is 0.0125. The van der Waals surface area contributed by atoms with E-state index in [-0.39, 0.29) is 24.2 Å². The summed E-state index contributed by atoms with van der Waals surface area (Å²) in [4.78, 5) is 65.4. The molecule has 0 bridgehead atoms. The van der Waals surface area contributed by atoms with Crippen LogP contribution < -0.4 is 0 Å². The summed E-state index contributed by atoms with van der Waals surface area (Å²) in [5.41, 5.74) is -5.47. The van der Waals surface area contributed by atoms with Gasteiger partial charge in [-0.1, -0.05) is 13.8 Å². The molecule has 11 heteroatoms. The number of esters is 4. The van der Waals surface area contributed by atoms with Crippen molar-refractivity contribution in [1.29, 1.82) is 0 Å². The van der Waals surface area contributed by atoms with Gasteiger partial charge in [0, 0.05) is 30.1 Å². The van der Waals surface area contributed by atoms with Crippen LogP contribution in [0.5, 0.6) is 0 Å². The summed E-state index contributed by atoms with van der Waals surface area (Å²) >= 11 is 0. The van der Waals surface area contributed by atoms with Crippen molar-refractivity contribution in [3.8, 4) is 0 Å². The van der Waals surface area contributed by atoms with Crippen LogP contribution in [-0.2, 0) is 47.7 Å². The first kappa shape index (κ1) is 26.4. The highest BCUT2D eigenvalue weighted by atomic mass is 16.7. The molecule has 0 aromatic carbocycles. The van der Waals surface area contributed by atoms with Crippen molar-refractivity contribution in [3.63, 3.8) is 0 Å². The maximum Gasteiger partial charge on any atom is 0.340 e. The van der Waals surface area contributed by atoms with Crippen molar-refractivity contribution in [2.24, 2.45) is 28.1 Å². The van der Waals surface area contributed by atoms with Crippen molar-refractivity contribution >= 4 is 29.7 Å². The van der Waals surface area contributed by atoms with E-state index in [1.165, 1.54) is 13.0 Å². The number of carbonyl (C=O) groups excluding carboxylic acids is 5. The number of hydrogen-bond acceptors (Lipinski definition) is 11. The Morgan fingerprint density at radius 1 is 1.00 bits per heavy atom. The van der Waals surface area contributed by atoms with Crippen molar-refractivity contribution in [2.45, 2.75) is 103 Å². The van der Waals surface area contributed by atoms with E-state index >= 15 is 0 Å². The van der Waals surface area contributed by atoms with Crippen LogP contribution in [0.2, 0.25) is 0 Å². The quantitative estimate of drug-likeness (QED) is 0.304. The number of cyclic esters (lactones) is 3. The Morgan fingerprint density at radius 2 is 1.69 bits per heavy atom. The van der Waals surface area contributed by atoms with Crippen molar-refractivity contribution in [1.82, 2.24) is 0 Å². The minimum atomic E-state index is -1.46. The number of epoxide rings is 1. The van der Waals surface area contributed by atoms with Gasteiger partial charge in [-0.15, -0.1) is 0 Å². The van der Waals surface area contributed by atoms with Gasteiger partial charge in [-0.3, -0.25) is 14.4 Å². The average molecular weight is 547 g/mol. The second kappa shape index (κ2) is 7.69. The highest BCUT2D eigenvalue weighted by Gasteiger charge is 2.89. The molecule has 0 aromatic rings. The third-order valence-corrected chi connectivity index (χ3v) is 11.0. The van der Waals surface area contributed by atoms with E-state index in [1.54, 1.807) is 20.8 Å². The first-order valence-corrected chi connectivity index (χ1v) is 13.5. The average Bonchev–Trinajstić information content (AvgIpc) is 3.52. The van der Waals surface area contributed by atoms with E-state index in [1.807, 2.05) is 13.8 Å². The van der Waals surface area contributed by atoms with E-state index in [9.17, 15) is 29.1 Å². The number of aliphatic hydroxyl groups excluding tert-OH is 1. The van der Waals surface area contributed by atoms with Crippen LogP contribution in [0.25, 0.3) is 0 Å². The molecule has 2 aliphatic carbocycles. The third kappa shape index (κ3) is 3.03. The highest BCUT2D eigenvalue weighted by molar-refractivity contribution is 5.96. The number of fused-ring (bicyclic) bond motifs is 3. The largest absolute Gasteiger partial charge is 0.461 e. The normalized spacial score (nSPS) is 49.6. The molecule has 2 saturated carbocycles. The number of ether oxygens (including phenoxy) is 5. The van der Waals surface area contributed by atoms with Gasteiger partial charge in [0.1, 0.15) is 29.2 Å². The molecule has 10 atom stereocenters. The molecule has 4 aliphatic heterocycles. The van der Waals surface area contributed by atoms with Crippen LogP contribution in [-0.4, -0.2) is 70.6 Å². The fraction of sp³-hybridized carbons (Fsp3) is 0.750. The van der Waals surface area contributed by atoms with Gasteiger partial charge in [-0.05, 0) is 45.6 Å². The van der Waals surface area contributed by atoms with Crippen LogP contribution in [0.4, 0.5) is 0 Å². The van der Waals surface area contributed by atoms with Gasteiger partial charge in [0.05, 0.1) is 17.4 Å². The van der Waals surface area contributed by atoms with Crippen LogP contribution in [0.1, 0.15) is 67.2 Å². The van der Waals surface area contributed by atoms with Gasteiger partial charge in [0.15, 0.2) is 6.10 Å². The van der Waals surface area contributed by atoms with Gasteiger partial charge in [-0.2, -0.15) is 0 Å². The van der Waals surface area contributed by atoms with E-state index in [4.69, 9.17) is 23.7 Å². The number of carbonyl (C=O) groups is 5. The van der Waals surface area contributed by atoms with Crippen molar-refractivity contribution < 1.29 is 52.8 Å². The third-order valence-electron chi connectivity index (χ3n) is 11.0. The lowest BCUT2D eigenvalue weighted by molar-refractivity contribution is -0.230. The fourth-order valence-electron chi connectivity index (χ4n) is 9.42. The molecule has 0 aromatic heterocycles. The molecular formula is C28H34O11. The Kier molecular flexibility index (Phi) is 5.21. The summed E-state index contributed by atoms with van der Waals surface area (Å²) in [7, 11) is 0. The maximum atomic E-state index is 14.4. The lowest BCUT2D eigenvalue weighted by atomic mass is 9.37. The van der Waals surface area contributed by atoms with Crippen molar-refractivity contribution in [3.05, 3.63) is 11.6 Å². The van der Waals surface area contributed by atoms with Gasteiger partial charge < -0.3 is 28.8 Å². The molecule has 212 valence electrons. The molecule has 5 fully saturated rings. The fourth-order valence-corrected chi connectivity index (χ4v) is 9.42. The number of hydrogen-bond donors (Lipinski definition) is 1. The predicted molar refractivity (Wildman–Crippen MR) is 128 cm³/mol. The summed E-state index contributed by atoms with van der Waals surface area (Å²) < 4.78 is 28.6. The summed E-state index contributed by atoms with van der Waals surface area (Å²) in [5.74, 6) is -3.62. The molecular weight excluding hydrogens is 512 g/mol. The van der Waals surface area contributed by atoms with Gasteiger partial charge >= 0.3 is 23.9 Å². The zero-order chi connectivity index (χ0) is 28.5. The zero-order valence-electron chi connectivity index (χ0n) is 22.9. The van der Waals surface area contributed by atoms with Gasteiger partial charge in [0.2, 0.25) is 6.29 Å². The second-order valence-electron chi connectivity index (χ2n) is 13.1. The summed E-state index contributed by atoms with van der Waals surface area (Å²) in [5, 5.41) is 9.94. The molecule has 4 heterocycles. The lowest BCUT2D eigenvalue weighted by Crippen LogP contribution is -2.74. The Hall–Kier alpha value is -2.79. The van der Waals surface area contributed by atoms with Crippen LogP contribution in [0, 0.1) is 28.1 Å². The first-order chi connectivity index (χ1) is 18.0. The van der Waals surface area contributed by atoms with E-state index in [0.29, 0.717) is 12.8 Å². The Bertz CT molecular complexity index is 1250. The molecule has 0 radical (unpaired) electrons. The van der Waals surface area contributed by atoms with E-state index in [2.05, 4.69) is 0 Å². The smallest absolute Gasteiger partial charge is 0.340 e. The minimum Gasteiger partial charge on any atom is -0.461 e. The van der Waals surface area contributed by atoms with Crippen LogP contribution in [0.15, 0.2) is 11.6 Å². The topological polar surface area (TPSA) is 155 Å². The molecule has 39 heavy (non-hydrogen) atoms. The number of aliphatic hydroxyl groups is 1. The highest BCUT2D eigenvalue weighted by Crippen LogP contribution is 2.77. The van der Waals surface area contributed by atoms with Gasteiger partial charge in [-0.25, -0.2) is 9.59 Å². The van der Waals surface area contributed by atoms with E-state index in [0.717, 1.165) is 0 Å². The van der Waals surface area contributed by atoms with Crippen LogP contribution >= 0.6 is 0 Å². The molecule has 10 unspecified atom stereocenters. The molecule has 6 rings (SSSR count). The predicted octanol–water partition coefficient (Wildman–Crippen LogP) is 1.53.